The number of benzene rings is 1. The Balaban J connectivity index is 2.32. The van der Waals surface area contributed by atoms with Gasteiger partial charge in [0.2, 0.25) is 11.2 Å². The van der Waals surface area contributed by atoms with Gasteiger partial charge in [-0.2, -0.15) is 4.39 Å². The monoisotopic (exact) mass is 365 g/mol. The highest BCUT2D eigenvalue weighted by atomic mass is 19.2. The number of esters is 1. The van der Waals surface area contributed by atoms with E-state index in [2.05, 4.69) is 0 Å². The van der Waals surface area contributed by atoms with Crippen molar-refractivity contribution in [2.75, 3.05) is 13.2 Å². The molecule has 1 aliphatic carbocycles. The first kappa shape index (κ1) is 18.0. The summed E-state index contributed by atoms with van der Waals surface area (Å²) < 4.78 is 40.0. The molecule has 8 heteroatoms. The van der Waals surface area contributed by atoms with Crippen LogP contribution in [0.5, 0.6) is 5.75 Å². The van der Waals surface area contributed by atoms with Crippen molar-refractivity contribution in [2.24, 2.45) is 0 Å². The molecule has 26 heavy (non-hydrogen) atoms. The number of fused-ring (bicyclic) bond motifs is 1. The number of hydrogen-bond donors (Lipinski definition) is 0. The molecular formula is C18H17F2NO5. The van der Waals surface area contributed by atoms with Crippen LogP contribution in [0.2, 0.25) is 0 Å². The summed E-state index contributed by atoms with van der Waals surface area (Å²) in [4.78, 5) is 35.9. The standard InChI is InChI=1S/C18H17F2NO5/c1-3-25-18(24)12-7-21(10-4-5-10)15-11(16(12)23)6-13(19)14(20)17(15)26-8-9(2)22/h6-7,10H,3-5,8H2,1-2H3. The number of ether oxygens (including phenoxy) is 2. The first-order valence-corrected chi connectivity index (χ1v) is 8.21. The van der Waals surface area contributed by atoms with Crippen LogP contribution in [0.15, 0.2) is 17.1 Å². The lowest BCUT2D eigenvalue weighted by atomic mass is 10.1. The van der Waals surface area contributed by atoms with Gasteiger partial charge in [-0.1, -0.05) is 0 Å². The lowest BCUT2D eigenvalue weighted by Gasteiger charge is -2.17. The number of nitrogens with zero attached hydrogens (tertiary/aromatic N) is 1. The molecule has 0 N–H and O–H groups in total. The molecule has 0 spiro atoms. The summed E-state index contributed by atoms with van der Waals surface area (Å²) in [6.45, 7) is 2.45. The van der Waals surface area contributed by atoms with Crippen LogP contribution in [0, 0.1) is 11.6 Å². The van der Waals surface area contributed by atoms with Gasteiger partial charge in [-0.15, -0.1) is 0 Å². The minimum Gasteiger partial charge on any atom is -0.480 e. The van der Waals surface area contributed by atoms with Crippen molar-refractivity contribution in [1.29, 1.82) is 0 Å². The molecule has 6 nitrogen and oxygen atoms in total. The first-order valence-electron chi connectivity index (χ1n) is 8.21. The van der Waals surface area contributed by atoms with Crippen LogP contribution < -0.4 is 10.2 Å². The predicted molar refractivity (Wildman–Crippen MR) is 88.5 cm³/mol. The van der Waals surface area contributed by atoms with E-state index >= 15 is 0 Å². The Hall–Kier alpha value is -2.77. The predicted octanol–water partition coefficient (Wildman–Crippen LogP) is 2.76. The third kappa shape index (κ3) is 3.18. The van der Waals surface area contributed by atoms with Crippen LogP contribution >= 0.6 is 0 Å². The highest BCUT2D eigenvalue weighted by Gasteiger charge is 2.30. The number of Topliss-reactive ketones (excluding diaryl/α,β-unsaturated/α-hetero) is 1. The summed E-state index contributed by atoms with van der Waals surface area (Å²) in [6.07, 6.45) is 2.80. The molecule has 0 saturated heterocycles. The summed E-state index contributed by atoms with van der Waals surface area (Å²) in [7, 11) is 0. The average Bonchev–Trinajstić information content (AvgIpc) is 3.41. The Morgan fingerprint density at radius 2 is 2.00 bits per heavy atom. The molecule has 1 aromatic carbocycles. The van der Waals surface area contributed by atoms with Crippen molar-refractivity contribution in [3.05, 3.63) is 39.7 Å². The molecule has 0 bridgehead atoms. The third-order valence-corrected chi connectivity index (χ3v) is 4.02. The Morgan fingerprint density at radius 3 is 2.58 bits per heavy atom. The van der Waals surface area contributed by atoms with Gasteiger partial charge in [0, 0.05) is 12.2 Å². The van der Waals surface area contributed by atoms with Crippen molar-refractivity contribution in [3.63, 3.8) is 0 Å². The fourth-order valence-corrected chi connectivity index (χ4v) is 2.73. The van der Waals surface area contributed by atoms with Crippen molar-refractivity contribution < 1.29 is 27.8 Å². The molecule has 0 aliphatic heterocycles. The molecule has 1 aromatic heterocycles. The van der Waals surface area contributed by atoms with E-state index < -0.39 is 35.4 Å². The van der Waals surface area contributed by atoms with Crippen LogP contribution in [0.4, 0.5) is 8.78 Å². The van der Waals surface area contributed by atoms with Gasteiger partial charge in [0.05, 0.1) is 17.5 Å². The van der Waals surface area contributed by atoms with Gasteiger partial charge in [0.25, 0.3) is 0 Å². The lowest BCUT2D eigenvalue weighted by Crippen LogP contribution is -2.22. The zero-order chi connectivity index (χ0) is 19.0. The van der Waals surface area contributed by atoms with E-state index in [1.807, 2.05) is 0 Å². The second-order valence-corrected chi connectivity index (χ2v) is 6.12. The second kappa shape index (κ2) is 6.86. The van der Waals surface area contributed by atoms with Crippen molar-refractivity contribution >= 4 is 22.7 Å². The molecule has 1 fully saturated rings. The first-order chi connectivity index (χ1) is 12.3. The Kier molecular flexibility index (Phi) is 4.76. The lowest BCUT2D eigenvalue weighted by molar-refractivity contribution is -0.118. The van der Waals surface area contributed by atoms with Crippen LogP contribution in [0.1, 0.15) is 43.1 Å². The van der Waals surface area contributed by atoms with Gasteiger partial charge in [0.1, 0.15) is 12.2 Å². The minimum atomic E-state index is -1.29. The quantitative estimate of drug-likeness (QED) is 0.736. The van der Waals surface area contributed by atoms with Gasteiger partial charge < -0.3 is 14.0 Å². The summed E-state index contributed by atoms with van der Waals surface area (Å²) in [6, 6.07) is 0.672. The highest BCUT2D eigenvalue weighted by Crippen LogP contribution is 2.40. The maximum atomic E-state index is 14.3. The number of aromatic nitrogens is 1. The maximum Gasteiger partial charge on any atom is 0.343 e. The fraction of sp³-hybridized carbons (Fsp3) is 0.389. The number of carbonyl (C=O) groups is 2. The molecular weight excluding hydrogens is 348 g/mol. The number of halogens is 2. The van der Waals surface area contributed by atoms with E-state index in [-0.39, 0.29) is 34.9 Å². The van der Waals surface area contributed by atoms with Gasteiger partial charge in [-0.05, 0) is 32.8 Å². The van der Waals surface area contributed by atoms with Gasteiger partial charge in [0.15, 0.2) is 17.3 Å². The molecule has 1 heterocycles. The number of rotatable bonds is 6. The van der Waals surface area contributed by atoms with E-state index in [4.69, 9.17) is 9.47 Å². The van der Waals surface area contributed by atoms with E-state index in [1.165, 1.54) is 17.7 Å². The number of pyridine rings is 1. The van der Waals surface area contributed by atoms with E-state index in [0.717, 1.165) is 18.9 Å². The third-order valence-electron chi connectivity index (χ3n) is 4.02. The van der Waals surface area contributed by atoms with Crippen LogP contribution in [-0.2, 0) is 9.53 Å². The summed E-state index contributed by atoms with van der Waals surface area (Å²) >= 11 is 0. The fourth-order valence-electron chi connectivity index (χ4n) is 2.73. The second-order valence-electron chi connectivity index (χ2n) is 6.12. The maximum absolute atomic E-state index is 14.3. The molecule has 1 aliphatic rings. The average molecular weight is 365 g/mol. The normalized spacial score (nSPS) is 13.7. The minimum absolute atomic E-state index is 0.0331. The van der Waals surface area contributed by atoms with Crippen LogP contribution in [-0.4, -0.2) is 29.5 Å². The number of ketones is 1. The zero-order valence-electron chi connectivity index (χ0n) is 14.3. The molecule has 0 atom stereocenters. The Morgan fingerprint density at radius 1 is 1.31 bits per heavy atom. The highest BCUT2D eigenvalue weighted by molar-refractivity contribution is 5.95. The Bertz CT molecular complexity index is 962. The molecule has 0 radical (unpaired) electrons. The molecule has 138 valence electrons. The molecule has 1 saturated carbocycles. The van der Waals surface area contributed by atoms with Crippen molar-refractivity contribution in [2.45, 2.75) is 32.7 Å². The topological polar surface area (TPSA) is 74.6 Å². The van der Waals surface area contributed by atoms with Gasteiger partial charge >= 0.3 is 5.97 Å². The van der Waals surface area contributed by atoms with E-state index in [1.54, 1.807) is 6.92 Å². The summed E-state index contributed by atoms with van der Waals surface area (Å²) in [5.74, 6) is -4.29. The number of carbonyl (C=O) groups excluding carboxylic acids is 2. The van der Waals surface area contributed by atoms with E-state index in [0.29, 0.717) is 0 Å². The smallest absolute Gasteiger partial charge is 0.343 e. The summed E-state index contributed by atoms with van der Waals surface area (Å²) in [5.41, 5.74) is -0.998. The van der Waals surface area contributed by atoms with Crippen molar-refractivity contribution in [1.82, 2.24) is 4.57 Å². The van der Waals surface area contributed by atoms with Crippen molar-refractivity contribution in [3.8, 4) is 5.75 Å². The van der Waals surface area contributed by atoms with E-state index in [9.17, 15) is 23.2 Å². The zero-order valence-corrected chi connectivity index (χ0v) is 14.3. The number of hydrogen-bond acceptors (Lipinski definition) is 5. The molecule has 0 amide bonds. The molecule has 3 rings (SSSR count). The molecule has 2 aromatic rings. The van der Waals surface area contributed by atoms with Crippen LogP contribution in [0.25, 0.3) is 10.9 Å². The van der Waals surface area contributed by atoms with Crippen LogP contribution in [0.3, 0.4) is 0 Å². The molecule has 0 unspecified atom stereocenters. The van der Waals surface area contributed by atoms with Gasteiger partial charge in [-0.25, -0.2) is 9.18 Å². The Labute approximate surface area is 147 Å². The summed E-state index contributed by atoms with van der Waals surface area (Å²) in [5, 5.41) is -0.195. The SMILES string of the molecule is CCOC(=O)c1cn(C2CC2)c2c(OCC(C)=O)c(F)c(F)cc2c1=O. The largest absolute Gasteiger partial charge is 0.480 e. The van der Waals surface area contributed by atoms with Gasteiger partial charge in [-0.3, -0.25) is 9.59 Å².